The van der Waals surface area contributed by atoms with E-state index in [0.717, 1.165) is 12.2 Å². The Morgan fingerprint density at radius 3 is 2.79 bits per heavy atom. The number of rotatable bonds is 6. The first-order chi connectivity index (χ1) is 9.16. The number of hydrogen-bond donors (Lipinski definition) is 2. The van der Waals surface area contributed by atoms with Crippen LogP contribution in [0.3, 0.4) is 0 Å². The lowest BCUT2D eigenvalue weighted by molar-refractivity contribution is 0.0696. The molecule has 0 saturated carbocycles. The number of hydrogen-bond acceptors (Lipinski definition) is 4. The van der Waals surface area contributed by atoms with Gasteiger partial charge in [-0.3, -0.25) is 9.88 Å². The van der Waals surface area contributed by atoms with Gasteiger partial charge in [-0.1, -0.05) is 0 Å². The lowest BCUT2D eigenvalue weighted by Crippen LogP contribution is -2.38. The molecule has 2 heterocycles. The van der Waals surface area contributed by atoms with Crippen LogP contribution in [0.15, 0.2) is 18.3 Å². The smallest absolute Gasteiger partial charge is 0.337 e. The van der Waals surface area contributed by atoms with Gasteiger partial charge in [0.1, 0.15) is 0 Å². The highest BCUT2D eigenvalue weighted by molar-refractivity contribution is 5.87. The van der Waals surface area contributed by atoms with Crippen LogP contribution >= 0.6 is 0 Å². The number of carboxylic acids is 1. The molecule has 0 aliphatic carbocycles. The minimum Gasteiger partial charge on any atom is -0.478 e. The van der Waals surface area contributed by atoms with E-state index in [1.54, 1.807) is 12.1 Å². The summed E-state index contributed by atoms with van der Waals surface area (Å²) in [5.41, 5.74) is 1.10. The molecule has 1 saturated heterocycles. The van der Waals surface area contributed by atoms with Crippen molar-refractivity contribution in [2.75, 3.05) is 19.6 Å². The molecule has 0 spiro atoms. The highest BCUT2D eigenvalue weighted by Crippen LogP contribution is 2.10. The molecule has 5 nitrogen and oxygen atoms in total. The van der Waals surface area contributed by atoms with Gasteiger partial charge in [0.15, 0.2) is 0 Å². The van der Waals surface area contributed by atoms with Crippen LogP contribution in [0.2, 0.25) is 0 Å². The van der Waals surface area contributed by atoms with Gasteiger partial charge in [0.05, 0.1) is 11.3 Å². The van der Waals surface area contributed by atoms with E-state index >= 15 is 0 Å². The third kappa shape index (κ3) is 4.01. The van der Waals surface area contributed by atoms with Gasteiger partial charge in [0.25, 0.3) is 0 Å². The Morgan fingerprint density at radius 1 is 1.47 bits per heavy atom. The minimum absolute atomic E-state index is 0.231. The first kappa shape index (κ1) is 14.0. The maximum atomic E-state index is 10.7. The molecule has 104 valence electrons. The molecular weight excluding hydrogens is 242 g/mol. The lowest BCUT2D eigenvalue weighted by atomic mass is 10.2. The Morgan fingerprint density at radius 2 is 2.21 bits per heavy atom. The largest absolute Gasteiger partial charge is 0.478 e. The molecule has 1 unspecified atom stereocenters. The van der Waals surface area contributed by atoms with Crippen molar-refractivity contribution in [3.8, 4) is 0 Å². The van der Waals surface area contributed by atoms with Crippen molar-refractivity contribution >= 4 is 5.97 Å². The van der Waals surface area contributed by atoms with Gasteiger partial charge in [-0.2, -0.15) is 0 Å². The Bertz CT molecular complexity index is 413. The Hall–Kier alpha value is -1.46. The fourth-order valence-electron chi connectivity index (χ4n) is 2.38. The highest BCUT2D eigenvalue weighted by Gasteiger charge is 2.17. The summed E-state index contributed by atoms with van der Waals surface area (Å²) in [6.45, 7) is 6.25. The van der Waals surface area contributed by atoms with E-state index in [1.165, 1.54) is 32.1 Å². The van der Waals surface area contributed by atoms with Crippen molar-refractivity contribution < 1.29 is 9.90 Å². The van der Waals surface area contributed by atoms with Gasteiger partial charge in [-0.25, -0.2) is 4.79 Å². The molecule has 1 aliphatic rings. The molecule has 1 aromatic rings. The number of carbonyl (C=O) groups is 1. The average molecular weight is 263 g/mol. The average Bonchev–Trinajstić information content (AvgIpc) is 2.93. The number of pyridine rings is 1. The molecule has 2 rings (SSSR count). The zero-order valence-corrected chi connectivity index (χ0v) is 11.3. The van der Waals surface area contributed by atoms with Crippen LogP contribution in [0.4, 0.5) is 0 Å². The minimum atomic E-state index is -0.935. The van der Waals surface area contributed by atoms with Crippen LogP contribution in [0.1, 0.15) is 35.8 Å². The van der Waals surface area contributed by atoms with E-state index in [0.29, 0.717) is 12.6 Å². The monoisotopic (exact) mass is 263 g/mol. The van der Waals surface area contributed by atoms with Crippen molar-refractivity contribution in [1.29, 1.82) is 0 Å². The first-order valence-corrected chi connectivity index (χ1v) is 6.80. The molecule has 1 aromatic heterocycles. The molecule has 0 bridgehead atoms. The molecule has 19 heavy (non-hydrogen) atoms. The van der Waals surface area contributed by atoms with E-state index in [9.17, 15) is 4.79 Å². The second-order valence-electron chi connectivity index (χ2n) is 5.07. The molecule has 0 amide bonds. The van der Waals surface area contributed by atoms with Gasteiger partial charge >= 0.3 is 5.97 Å². The Labute approximate surface area is 113 Å². The Kier molecular flexibility index (Phi) is 4.87. The number of carboxylic acid groups (broad SMARTS) is 1. The van der Waals surface area contributed by atoms with E-state index in [4.69, 9.17) is 5.11 Å². The van der Waals surface area contributed by atoms with Crippen LogP contribution in [-0.4, -0.2) is 46.6 Å². The van der Waals surface area contributed by atoms with E-state index in [-0.39, 0.29) is 5.56 Å². The predicted octanol–water partition coefficient (Wildman–Crippen LogP) is 1.35. The topological polar surface area (TPSA) is 65.5 Å². The lowest BCUT2D eigenvalue weighted by Gasteiger charge is -2.23. The number of aromatic carboxylic acids is 1. The van der Waals surface area contributed by atoms with Gasteiger partial charge < -0.3 is 10.4 Å². The number of aromatic nitrogens is 1. The normalized spacial score (nSPS) is 17.5. The number of likely N-dealkylation sites (tertiary alicyclic amines) is 1. The third-order valence-corrected chi connectivity index (χ3v) is 3.58. The summed E-state index contributed by atoms with van der Waals surface area (Å²) in [5, 5.41) is 12.2. The fraction of sp³-hybridized carbons (Fsp3) is 0.571. The van der Waals surface area contributed by atoms with Crippen LogP contribution in [-0.2, 0) is 6.54 Å². The van der Waals surface area contributed by atoms with E-state index in [2.05, 4.69) is 22.1 Å². The van der Waals surface area contributed by atoms with Crippen molar-refractivity contribution in [2.24, 2.45) is 0 Å². The third-order valence-electron chi connectivity index (χ3n) is 3.58. The van der Waals surface area contributed by atoms with Crippen LogP contribution in [0.5, 0.6) is 0 Å². The van der Waals surface area contributed by atoms with Crippen molar-refractivity contribution in [3.63, 3.8) is 0 Å². The zero-order chi connectivity index (χ0) is 13.7. The van der Waals surface area contributed by atoms with Gasteiger partial charge in [-0.15, -0.1) is 0 Å². The Balaban J connectivity index is 1.74. The van der Waals surface area contributed by atoms with Crippen molar-refractivity contribution in [3.05, 3.63) is 29.6 Å². The SMILES string of the molecule is CC(CNCc1ccc(C(=O)O)cn1)N1CCCC1. The summed E-state index contributed by atoms with van der Waals surface area (Å²) in [6, 6.07) is 3.90. The zero-order valence-electron chi connectivity index (χ0n) is 11.3. The summed E-state index contributed by atoms with van der Waals surface area (Å²) in [7, 11) is 0. The van der Waals surface area contributed by atoms with Crippen molar-refractivity contribution in [2.45, 2.75) is 32.4 Å². The van der Waals surface area contributed by atoms with Crippen LogP contribution in [0, 0.1) is 0 Å². The summed E-state index contributed by atoms with van der Waals surface area (Å²) in [5.74, 6) is -0.935. The standard InChI is InChI=1S/C14H21N3O2/c1-11(17-6-2-3-7-17)8-15-10-13-5-4-12(9-16-13)14(18)19/h4-5,9,11,15H,2-3,6-8,10H2,1H3,(H,18,19). The number of nitrogens with one attached hydrogen (secondary N) is 1. The van der Waals surface area contributed by atoms with Crippen LogP contribution < -0.4 is 5.32 Å². The molecule has 0 aromatic carbocycles. The second kappa shape index (κ2) is 6.63. The maximum absolute atomic E-state index is 10.7. The number of nitrogens with zero attached hydrogens (tertiary/aromatic N) is 2. The quantitative estimate of drug-likeness (QED) is 0.811. The molecule has 1 atom stereocenters. The molecule has 0 radical (unpaired) electrons. The van der Waals surface area contributed by atoms with Gasteiger partial charge in [0, 0.05) is 25.3 Å². The second-order valence-corrected chi connectivity index (χ2v) is 5.07. The molecule has 1 fully saturated rings. The summed E-state index contributed by atoms with van der Waals surface area (Å²) < 4.78 is 0. The summed E-state index contributed by atoms with van der Waals surface area (Å²) in [6.07, 6.45) is 4.02. The van der Waals surface area contributed by atoms with Gasteiger partial charge in [-0.05, 0) is 45.0 Å². The van der Waals surface area contributed by atoms with E-state index in [1.807, 2.05) is 0 Å². The molecule has 5 heteroatoms. The van der Waals surface area contributed by atoms with Crippen LogP contribution in [0.25, 0.3) is 0 Å². The highest BCUT2D eigenvalue weighted by atomic mass is 16.4. The molecular formula is C14H21N3O2. The summed E-state index contributed by atoms with van der Waals surface area (Å²) in [4.78, 5) is 17.3. The molecule has 1 aliphatic heterocycles. The first-order valence-electron chi connectivity index (χ1n) is 6.80. The predicted molar refractivity (Wildman–Crippen MR) is 73.2 cm³/mol. The fourth-order valence-corrected chi connectivity index (χ4v) is 2.38. The van der Waals surface area contributed by atoms with Gasteiger partial charge in [0.2, 0.25) is 0 Å². The summed E-state index contributed by atoms with van der Waals surface area (Å²) >= 11 is 0. The van der Waals surface area contributed by atoms with Crippen molar-refractivity contribution in [1.82, 2.24) is 15.2 Å². The van der Waals surface area contributed by atoms with E-state index < -0.39 is 5.97 Å². The molecule has 2 N–H and O–H groups in total. The maximum Gasteiger partial charge on any atom is 0.337 e.